The largest absolute Gasteiger partial charge is 0.480 e. The van der Waals surface area contributed by atoms with Gasteiger partial charge in [0.25, 0.3) is 0 Å². The van der Waals surface area contributed by atoms with Crippen LogP contribution in [0.4, 0.5) is 0 Å². The molecule has 3 aliphatic rings. The molecule has 2 unspecified atom stereocenters. The lowest BCUT2D eigenvalue weighted by atomic mass is 9.99. The molecule has 2 saturated heterocycles. The summed E-state index contributed by atoms with van der Waals surface area (Å²) in [7, 11) is 0. The molecule has 18 heavy (non-hydrogen) atoms. The Kier molecular flexibility index (Phi) is 2.70. The lowest BCUT2D eigenvalue weighted by Gasteiger charge is -2.31. The molecule has 0 amide bonds. The Morgan fingerprint density at radius 1 is 1.39 bits per heavy atom. The highest BCUT2D eigenvalue weighted by atomic mass is 16.8. The normalized spacial score (nSPS) is 43.4. The number of fused-ring (bicyclic) bond motifs is 2. The fourth-order valence-electron chi connectivity index (χ4n) is 3.45. The first-order chi connectivity index (χ1) is 8.37. The molecule has 0 aromatic rings. The van der Waals surface area contributed by atoms with E-state index in [1.165, 1.54) is 0 Å². The van der Waals surface area contributed by atoms with E-state index < -0.39 is 5.97 Å². The molecule has 1 aliphatic carbocycles. The van der Waals surface area contributed by atoms with Crippen molar-refractivity contribution in [1.29, 1.82) is 0 Å². The molecule has 3 fully saturated rings. The van der Waals surface area contributed by atoms with E-state index in [1.54, 1.807) is 0 Å². The van der Waals surface area contributed by atoms with E-state index in [4.69, 9.17) is 9.47 Å². The number of carboxylic acids is 1. The van der Waals surface area contributed by atoms with E-state index in [0.717, 1.165) is 19.3 Å². The third-order valence-corrected chi connectivity index (χ3v) is 4.08. The van der Waals surface area contributed by atoms with Crippen molar-refractivity contribution in [2.75, 3.05) is 0 Å². The molecule has 2 aliphatic heterocycles. The summed E-state index contributed by atoms with van der Waals surface area (Å²) < 4.78 is 11.3. The second-order valence-corrected chi connectivity index (χ2v) is 6.58. The van der Waals surface area contributed by atoms with Crippen LogP contribution in [0.5, 0.6) is 0 Å². The van der Waals surface area contributed by atoms with Crippen LogP contribution in [-0.4, -0.2) is 46.2 Å². The Morgan fingerprint density at radius 3 is 2.72 bits per heavy atom. The highest BCUT2D eigenvalue weighted by molar-refractivity contribution is 5.74. The Labute approximate surface area is 107 Å². The second kappa shape index (κ2) is 3.92. The molecule has 102 valence electrons. The van der Waals surface area contributed by atoms with Gasteiger partial charge < -0.3 is 14.6 Å². The highest BCUT2D eigenvalue weighted by Crippen LogP contribution is 2.48. The molecule has 0 aromatic heterocycles. The van der Waals surface area contributed by atoms with Crippen LogP contribution in [0.15, 0.2) is 0 Å². The van der Waals surface area contributed by atoms with Crippen LogP contribution in [0.2, 0.25) is 0 Å². The van der Waals surface area contributed by atoms with Crippen LogP contribution in [0, 0.1) is 5.92 Å². The molecule has 5 atom stereocenters. The summed E-state index contributed by atoms with van der Waals surface area (Å²) in [5.41, 5.74) is -0.253. The van der Waals surface area contributed by atoms with Gasteiger partial charge in [-0.25, -0.2) is 0 Å². The van der Waals surface area contributed by atoms with Crippen molar-refractivity contribution in [1.82, 2.24) is 4.90 Å². The third kappa shape index (κ3) is 2.04. The topological polar surface area (TPSA) is 62.3 Å². The zero-order chi connectivity index (χ0) is 13.1. The number of nitrogens with zero attached hydrogens (tertiary/aromatic N) is 1. The van der Waals surface area contributed by atoms with Crippen LogP contribution in [0.3, 0.4) is 0 Å². The summed E-state index contributed by atoms with van der Waals surface area (Å²) in [5, 5.41) is 9.36. The fraction of sp³-hybridized carbons (Fsp3) is 0.923. The van der Waals surface area contributed by atoms with Gasteiger partial charge in [0.05, 0.1) is 5.60 Å². The fourth-order valence-corrected chi connectivity index (χ4v) is 3.45. The molecule has 5 nitrogen and oxygen atoms in total. The molecule has 2 bridgehead atoms. The van der Waals surface area contributed by atoms with E-state index in [9.17, 15) is 9.90 Å². The number of carboxylic acid groups (broad SMARTS) is 1. The molecule has 0 aromatic carbocycles. The number of hydrogen-bond donors (Lipinski definition) is 1. The summed E-state index contributed by atoms with van der Waals surface area (Å²) in [6.07, 6.45) is 2.72. The first-order valence-corrected chi connectivity index (χ1v) is 6.70. The predicted octanol–water partition coefficient (Wildman–Crippen LogP) is 1.42. The van der Waals surface area contributed by atoms with Crippen LogP contribution in [0.25, 0.3) is 0 Å². The summed E-state index contributed by atoms with van der Waals surface area (Å²) >= 11 is 0. The summed E-state index contributed by atoms with van der Waals surface area (Å²) in [6.45, 7) is 5.95. The first-order valence-electron chi connectivity index (χ1n) is 6.70. The van der Waals surface area contributed by atoms with Gasteiger partial charge in [-0.2, -0.15) is 0 Å². The van der Waals surface area contributed by atoms with Crippen molar-refractivity contribution in [3.63, 3.8) is 0 Å². The van der Waals surface area contributed by atoms with Gasteiger partial charge in [-0.05, 0) is 46.0 Å². The number of hydrogen-bond acceptors (Lipinski definition) is 4. The van der Waals surface area contributed by atoms with Crippen molar-refractivity contribution >= 4 is 5.97 Å². The highest BCUT2D eigenvalue weighted by Gasteiger charge is 2.59. The number of aliphatic carboxylic acids is 1. The number of rotatable bonds is 3. The molecular weight excluding hydrogens is 234 g/mol. The molecule has 1 saturated carbocycles. The van der Waals surface area contributed by atoms with E-state index >= 15 is 0 Å². The Bertz CT molecular complexity index is 364. The van der Waals surface area contributed by atoms with Crippen LogP contribution < -0.4 is 0 Å². The Balaban J connectivity index is 1.68. The Hall–Kier alpha value is -0.650. The van der Waals surface area contributed by atoms with Crippen molar-refractivity contribution in [3.8, 4) is 0 Å². The van der Waals surface area contributed by atoms with Crippen LogP contribution in [-0.2, 0) is 14.3 Å². The van der Waals surface area contributed by atoms with Gasteiger partial charge >= 0.3 is 5.97 Å². The maximum absolute atomic E-state index is 11.4. The van der Waals surface area contributed by atoms with Gasteiger partial charge in [0, 0.05) is 6.04 Å². The van der Waals surface area contributed by atoms with Crippen molar-refractivity contribution in [2.45, 2.75) is 70.2 Å². The molecule has 3 rings (SSSR count). The minimum Gasteiger partial charge on any atom is -0.480 e. The van der Waals surface area contributed by atoms with E-state index in [2.05, 4.69) is 0 Å². The zero-order valence-electron chi connectivity index (χ0n) is 11.1. The molecule has 0 radical (unpaired) electrons. The zero-order valence-corrected chi connectivity index (χ0v) is 11.1. The van der Waals surface area contributed by atoms with Gasteiger partial charge in [-0.15, -0.1) is 0 Å². The minimum atomic E-state index is -0.716. The molecular formula is C13H21NO4. The third-order valence-electron chi connectivity index (χ3n) is 4.08. The van der Waals surface area contributed by atoms with Gasteiger partial charge in [-0.1, -0.05) is 0 Å². The van der Waals surface area contributed by atoms with Gasteiger partial charge in [0.2, 0.25) is 0 Å². The number of piperidine rings is 1. The SMILES string of the molecule is CC(C)(C)OC1OC1N1[C@@H]2CC[C@@H](C2)[C@H]1C(=O)O. The second-order valence-electron chi connectivity index (χ2n) is 6.58. The standard InChI is InChI=1S/C13H21NO4/c1-13(2,3)18-12-10(17-12)14-8-5-4-7(6-8)9(14)11(15)16/h7-10,12H,4-6H2,1-3H3,(H,15,16)/t7-,8+,9-,10?,12?/m0/s1. The summed E-state index contributed by atoms with van der Waals surface area (Å²) in [5.74, 6) is -0.417. The molecule has 5 heteroatoms. The average molecular weight is 255 g/mol. The molecule has 2 heterocycles. The summed E-state index contributed by atoms with van der Waals surface area (Å²) in [4.78, 5) is 13.4. The number of carbonyl (C=O) groups is 1. The monoisotopic (exact) mass is 255 g/mol. The van der Waals surface area contributed by atoms with Crippen LogP contribution >= 0.6 is 0 Å². The predicted molar refractivity (Wildman–Crippen MR) is 63.9 cm³/mol. The average Bonchev–Trinajstić information content (AvgIpc) is 2.72. The Morgan fingerprint density at radius 2 is 2.11 bits per heavy atom. The van der Waals surface area contributed by atoms with Gasteiger partial charge in [0.1, 0.15) is 6.04 Å². The first kappa shape index (κ1) is 12.4. The van der Waals surface area contributed by atoms with Gasteiger partial charge in [-0.3, -0.25) is 9.69 Å². The van der Waals surface area contributed by atoms with E-state index in [1.807, 2.05) is 25.7 Å². The minimum absolute atomic E-state index is 0.152. The smallest absolute Gasteiger partial charge is 0.321 e. The van der Waals surface area contributed by atoms with E-state index in [0.29, 0.717) is 12.0 Å². The van der Waals surface area contributed by atoms with E-state index in [-0.39, 0.29) is 24.2 Å². The van der Waals surface area contributed by atoms with Crippen LogP contribution in [0.1, 0.15) is 40.0 Å². The lowest BCUT2D eigenvalue weighted by Crippen LogP contribution is -2.48. The van der Waals surface area contributed by atoms with Crippen molar-refractivity contribution in [3.05, 3.63) is 0 Å². The summed E-state index contributed by atoms with van der Waals surface area (Å²) in [6, 6.07) is -0.00279. The molecule has 0 spiro atoms. The maximum Gasteiger partial charge on any atom is 0.321 e. The van der Waals surface area contributed by atoms with Crippen molar-refractivity contribution in [2.24, 2.45) is 5.92 Å². The number of likely N-dealkylation sites (tertiary alicyclic amines) is 1. The van der Waals surface area contributed by atoms with Gasteiger partial charge in [0.15, 0.2) is 12.5 Å². The lowest BCUT2D eigenvalue weighted by molar-refractivity contribution is -0.146. The molecule has 1 N–H and O–H groups in total. The maximum atomic E-state index is 11.4. The number of ether oxygens (including phenoxy) is 2. The number of epoxide rings is 1. The van der Waals surface area contributed by atoms with Crippen molar-refractivity contribution < 1.29 is 19.4 Å². The quantitative estimate of drug-likeness (QED) is 0.773.